The summed E-state index contributed by atoms with van der Waals surface area (Å²) >= 11 is 0. The summed E-state index contributed by atoms with van der Waals surface area (Å²) in [5.41, 5.74) is -4.37. The van der Waals surface area contributed by atoms with Crippen LogP contribution in [0.15, 0.2) is 0 Å². The molecule has 3 aliphatic rings. The van der Waals surface area contributed by atoms with Gasteiger partial charge >= 0.3 is 5.97 Å². The van der Waals surface area contributed by atoms with Crippen LogP contribution in [0.1, 0.15) is 94.9 Å². The van der Waals surface area contributed by atoms with Gasteiger partial charge in [-0.15, -0.1) is 0 Å². The molecule has 0 aliphatic carbocycles. The zero-order valence-corrected chi connectivity index (χ0v) is 33.2. The van der Waals surface area contributed by atoms with Crippen LogP contribution in [-0.2, 0) is 33.2 Å². The van der Waals surface area contributed by atoms with E-state index in [4.69, 9.17) is 28.4 Å². The molecule has 0 unspecified atom stereocenters. The molecule has 14 heteroatoms. The predicted octanol–water partition coefficient (Wildman–Crippen LogP) is 1.56. The monoisotopic (exact) mass is 734 g/mol. The number of aliphatic hydroxyl groups is 5. The van der Waals surface area contributed by atoms with Crippen LogP contribution in [0.3, 0.4) is 0 Å². The van der Waals surface area contributed by atoms with Crippen LogP contribution in [0.5, 0.6) is 0 Å². The Balaban J connectivity index is 2.15. The van der Waals surface area contributed by atoms with Crippen molar-refractivity contribution in [1.29, 1.82) is 0 Å². The van der Waals surface area contributed by atoms with Gasteiger partial charge in [0.15, 0.2) is 12.6 Å². The molecule has 3 fully saturated rings. The Hall–Kier alpha value is -1.01. The van der Waals surface area contributed by atoms with Gasteiger partial charge in [-0.3, -0.25) is 4.79 Å². The van der Waals surface area contributed by atoms with Crippen LogP contribution in [-0.4, -0.2) is 154 Å². The fraction of sp³-hybridized carbons (Fsp3) is 0.973. The highest BCUT2D eigenvalue weighted by atomic mass is 16.7. The van der Waals surface area contributed by atoms with Crippen molar-refractivity contribution in [3.05, 3.63) is 0 Å². The Kier molecular flexibility index (Phi) is 15.3. The lowest BCUT2D eigenvalue weighted by atomic mass is 9.77. The molecule has 3 rings (SSSR count). The van der Waals surface area contributed by atoms with Gasteiger partial charge in [-0.25, -0.2) is 0 Å². The van der Waals surface area contributed by atoms with Gasteiger partial charge in [0.1, 0.15) is 30.0 Å². The number of hydrogen-bond acceptors (Lipinski definition) is 14. The van der Waals surface area contributed by atoms with E-state index in [0.29, 0.717) is 13.0 Å². The van der Waals surface area contributed by atoms with Gasteiger partial charge in [0, 0.05) is 31.5 Å². The molecule has 0 aromatic carbocycles. The van der Waals surface area contributed by atoms with Crippen molar-refractivity contribution >= 4 is 5.97 Å². The first-order chi connectivity index (χ1) is 23.5. The Bertz CT molecular complexity index is 1110. The lowest BCUT2D eigenvalue weighted by Crippen LogP contribution is -2.60. The summed E-state index contributed by atoms with van der Waals surface area (Å²) in [5.74, 6) is -2.60. The van der Waals surface area contributed by atoms with Crippen molar-refractivity contribution in [2.24, 2.45) is 17.8 Å². The Morgan fingerprint density at radius 1 is 0.941 bits per heavy atom. The zero-order chi connectivity index (χ0) is 38.8. The standard InChI is InChI=1S/C37H70N2O12/c1-14-26-37(10,45)30(41)23(6)38-18-19(2)16-35(8,44)32(51-34-28(40)25(39(11)12)15-20(3)47-34)21(4)29(22(5)33(43)49-26)50-27-17-36(9,46-13)31(42)24(7)48-27/h19-32,34,38,40-42,44-45H,14-18H2,1-13H3/t19-,20-,21+,22-,23-,24+,25+,26-,27+,28-,29+,30+,31+,32-,34+,35-,36-,37-/m1/s1. The van der Waals surface area contributed by atoms with Crippen molar-refractivity contribution in [3.63, 3.8) is 0 Å². The fourth-order valence-corrected chi connectivity index (χ4v) is 8.36. The molecule has 18 atom stereocenters. The molecular formula is C37H70N2O12. The normalized spacial score (nSPS) is 49.9. The van der Waals surface area contributed by atoms with Gasteiger partial charge in [0.2, 0.25) is 0 Å². The average Bonchev–Trinajstić information content (AvgIpc) is 3.05. The highest BCUT2D eigenvalue weighted by Crippen LogP contribution is 2.40. The molecule has 3 saturated heterocycles. The minimum absolute atomic E-state index is 0.132. The van der Waals surface area contributed by atoms with E-state index in [1.165, 1.54) is 14.0 Å². The van der Waals surface area contributed by atoms with E-state index in [-0.39, 0.29) is 37.3 Å². The number of nitrogens with one attached hydrogen (secondary N) is 1. The first-order valence-corrected chi connectivity index (χ1v) is 18.8. The Labute approximate surface area is 305 Å². The molecule has 0 spiro atoms. The third kappa shape index (κ3) is 10.2. The molecule has 0 saturated carbocycles. The summed E-state index contributed by atoms with van der Waals surface area (Å²) in [6.45, 7) is 17.8. The summed E-state index contributed by atoms with van der Waals surface area (Å²) in [6, 6.07) is -0.858. The number of rotatable bonds is 7. The van der Waals surface area contributed by atoms with Crippen molar-refractivity contribution in [3.8, 4) is 0 Å². The number of aliphatic hydroxyl groups excluding tert-OH is 3. The smallest absolute Gasteiger partial charge is 0.311 e. The SMILES string of the molecule is CC[C@H]1OC(=O)[C@H](C)[C@@H](O[C@H]2C[C@@](C)(OC)[C@@H](O)[C@H](C)O2)[C@H](C)[C@@H](O[C@@H]2O[C@H](C)C[C@H](N(C)C)[C@H]2O)[C@](C)(O)C[C@@H](C)CN[C@H](C)[C@H](O)[C@]1(C)O. The van der Waals surface area contributed by atoms with Gasteiger partial charge in [-0.05, 0) is 94.3 Å². The maximum absolute atomic E-state index is 14.1. The maximum atomic E-state index is 14.1. The number of methoxy groups -OCH3 is 1. The van der Waals surface area contributed by atoms with Gasteiger partial charge < -0.3 is 64.2 Å². The third-order valence-corrected chi connectivity index (χ3v) is 11.7. The number of esters is 1. The van der Waals surface area contributed by atoms with E-state index >= 15 is 0 Å². The first-order valence-electron chi connectivity index (χ1n) is 18.8. The summed E-state index contributed by atoms with van der Waals surface area (Å²) in [7, 11) is 5.27. The molecule has 3 heterocycles. The number of nitrogens with zero attached hydrogens (tertiary/aromatic N) is 1. The van der Waals surface area contributed by atoms with E-state index < -0.39 is 96.0 Å². The van der Waals surface area contributed by atoms with E-state index in [0.717, 1.165) is 0 Å². The van der Waals surface area contributed by atoms with Gasteiger partial charge in [0.25, 0.3) is 0 Å². The van der Waals surface area contributed by atoms with Crippen LogP contribution >= 0.6 is 0 Å². The van der Waals surface area contributed by atoms with Crippen LogP contribution < -0.4 is 5.32 Å². The lowest BCUT2D eigenvalue weighted by Gasteiger charge is -2.48. The molecule has 14 nitrogen and oxygen atoms in total. The molecule has 0 radical (unpaired) electrons. The van der Waals surface area contributed by atoms with Gasteiger partial charge in [0.05, 0.1) is 41.5 Å². The van der Waals surface area contributed by atoms with Crippen molar-refractivity contribution < 1.29 is 58.7 Å². The number of hydrogen-bond donors (Lipinski definition) is 6. The second kappa shape index (κ2) is 17.6. The second-order valence-corrected chi connectivity index (χ2v) is 16.7. The van der Waals surface area contributed by atoms with E-state index in [1.807, 2.05) is 39.8 Å². The second-order valence-electron chi connectivity index (χ2n) is 16.7. The predicted molar refractivity (Wildman–Crippen MR) is 190 cm³/mol. The van der Waals surface area contributed by atoms with E-state index in [1.54, 1.807) is 41.5 Å². The topological polar surface area (TPSA) is 189 Å². The number of ether oxygens (including phenoxy) is 6. The molecule has 51 heavy (non-hydrogen) atoms. The van der Waals surface area contributed by atoms with E-state index in [9.17, 15) is 30.3 Å². The summed E-state index contributed by atoms with van der Waals surface area (Å²) in [4.78, 5) is 16.1. The van der Waals surface area contributed by atoms with Crippen LogP contribution in [0.4, 0.5) is 0 Å². The molecule has 6 N–H and O–H groups in total. The maximum Gasteiger partial charge on any atom is 0.311 e. The number of carbonyl (C=O) groups is 1. The summed E-state index contributed by atoms with van der Waals surface area (Å²) in [5, 5.41) is 60.9. The quantitative estimate of drug-likeness (QED) is 0.207. The highest BCUT2D eigenvalue weighted by Gasteiger charge is 2.52. The van der Waals surface area contributed by atoms with Crippen LogP contribution in [0, 0.1) is 17.8 Å². The Morgan fingerprint density at radius 3 is 2.14 bits per heavy atom. The summed E-state index contributed by atoms with van der Waals surface area (Å²) in [6.07, 6.45) is -8.22. The minimum atomic E-state index is -1.80. The summed E-state index contributed by atoms with van der Waals surface area (Å²) < 4.78 is 37.4. The van der Waals surface area contributed by atoms with E-state index in [2.05, 4.69) is 5.32 Å². The molecule has 300 valence electrons. The first kappa shape index (κ1) is 44.4. The molecule has 0 aromatic rings. The Morgan fingerprint density at radius 2 is 1.57 bits per heavy atom. The van der Waals surface area contributed by atoms with Crippen molar-refractivity contribution in [2.75, 3.05) is 27.7 Å². The van der Waals surface area contributed by atoms with Crippen molar-refractivity contribution in [2.45, 2.75) is 185 Å². The largest absolute Gasteiger partial charge is 0.459 e. The van der Waals surface area contributed by atoms with Crippen molar-refractivity contribution in [1.82, 2.24) is 10.2 Å². The van der Waals surface area contributed by atoms with Crippen LogP contribution in [0.25, 0.3) is 0 Å². The molecule has 0 amide bonds. The molecule has 3 aliphatic heterocycles. The molecule has 0 aromatic heterocycles. The number of likely N-dealkylation sites (N-methyl/N-ethyl adjacent to an activating group) is 1. The average molecular weight is 735 g/mol. The number of carbonyl (C=O) groups excluding carboxylic acids is 1. The number of cyclic esters (lactones) is 1. The third-order valence-electron chi connectivity index (χ3n) is 11.7. The zero-order valence-electron chi connectivity index (χ0n) is 33.2. The minimum Gasteiger partial charge on any atom is -0.459 e. The molecule has 0 bridgehead atoms. The molecular weight excluding hydrogens is 664 g/mol. The van der Waals surface area contributed by atoms with Gasteiger partial charge in [-0.2, -0.15) is 0 Å². The highest BCUT2D eigenvalue weighted by molar-refractivity contribution is 5.73. The lowest BCUT2D eigenvalue weighted by molar-refractivity contribution is -0.318. The van der Waals surface area contributed by atoms with Gasteiger partial charge in [-0.1, -0.05) is 20.8 Å². The van der Waals surface area contributed by atoms with Crippen LogP contribution in [0.2, 0.25) is 0 Å². The fourth-order valence-electron chi connectivity index (χ4n) is 8.36.